The molecule has 1 heterocycles. The second-order valence-electron chi connectivity index (χ2n) is 4.51. The summed E-state index contributed by atoms with van der Waals surface area (Å²) in [7, 11) is 2.10. The Hall–Kier alpha value is -0.760. The van der Waals surface area contributed by atoms with E-state index in [4.69, 9.17) is 11.6 Å². The Bertz CT molecular complexity index is 340. The Morgan fingerprint density at radius 1 is 1.60 bits per heavy atom. The Morgan fingerprint density at radius 2 is 2.33 bits per heavy atom. The lowest BCUT2D eigenvalue weighted by Crippen LogP contribution is -2.21. The van der Waals surface area contributed by atoms with Crippen LogP contribution in [0.3, 0.4) is 0 Å². The summed E-state index contributed by atoms with van der Waals surface area (Å²) in [5.74, 6) is 3.34. The predicted octanol–water partition coefficient (Wildman–Crippen LogP) is 2.91. The molecule has 0 N–H and O–H groups in total. The summed E-state index contributed by atoms with van der Waals surface area (Å²) in [6.07, 6.45) is 3.19. The number of anilines is 1. The topological polar surface area (TPSA) is 16.1 Å². The smallest absolute Gasteiger partial charge is 0.128 e. The van der Waals surface area contributed by atoms with Gasteiger partial charge >= 0.3 is 0 Å². The molecule has 82 valence electrons. The van der Waals surface area contributed by atoms with Crippen LogP contribution in [-0.4, -0.2) is 18.6 Å². The summed E-state index contributed by atoms with van der Waals surface area (Å²) in [5.41, 5.74) is 1.14. The highest BCUT2D eigenvalue weighted by Gasteiger charge is 2.33. The third kappa shape index (κ3) is 2.63. The summed E-state index contributed by atoms with van der Waals surface area (Å²) in [6.45, 7) is 3.42. The summed E-state index contributed by atoms with van der Waals surface area (Å²) in [6, 6.07) is 4.03. The van der Waals surface area contributed by atoms with Gasteiger partial charge in [-0.05, 0) is 36.0 Å². The zero-order chi connectivity index (χ0) is 10.8. The van der Waals surface area contributed by atoms with Crippen LogP contribution in [0.5, 0.6) is 0 Å². The minimum atomic E-state index is 0.559. The van der Waals surface area contributed by atoms with E-state index in [0.717, 1.165) is 29.8 Å². The van der Waals surface area contributed by atoms with Crippen molar-refractivity contribution in [3.05, 3.63) is 23.9 Å². The lowest BCUT2D eigenvalue weighted by molar-refractivity contribution is 0.719. The average molecular weight is 225 g/mol. The zero-order valence-corrected chi connectivity index (χ0v) is 10.0. The van der Waals surface area contributed by atoms with Crippen LogP contribution in [-0.2, 0) is 5.88 Å². The Balaban J connectivity index is 2.00. The largest absolute Gasteiger partial charge is 0.359 e. The van der Waals surface area contributed by atoms with E-state index in [1.54, 1.807) is 0 Å². The first kappa shape index (κ1) is 10.7. The summed E-state index contributed by atoms with van der Waals surface area (Å²) < 4.78 is 0. The molecule has 1 aromatic rings. The molecule has 1 aliphatic carbocycles. The van der Waals surface area contributed by atoms with Crippen molar-refractivity contribution in [1.29, 1.82) is 0 Å². The Kier molecular flexibility index (Phi) is 3.15. The van der Waals surface area contributed by atoms with Crippen LogP contribution in [0.25, 0.3) is 0 Å². The quantitative estimate of drug-likeness (QED) is 0.732. The summed E-state index contributed by atoms with van der Waals surface area (Å²) in [5, 5.41) is 0. The Labute approximate surface area is 96.3 Å². The molecule has 1 aliphatic rings. The summed E-state index contributed by atoms with van der Waals surface area (Å²) in [4.78, 5) is 6.59. The maximum atomic E-state index is 5.80. The monoisotopic (exact) mass is 224 g/mol. The minimum absolute atomic E-state index is 0.559. The molecule has 2 atom stereocenters. The van der Waals surface area contributed by atoms with Gasteiger partial charge in [0.1, 0.15) is 5.82 Å². The molecule has 3 heteroatoms. The summed E-state index contributed by atoms with van der Waals surface area (Å²) >= 11 is 5.80. The predicted molar refractivity (Wildman–Crippen MR) is 64.3 cm³/mol. The standard InChI is InChI=1S/C12H17ClN2/c1-9-5-11(9)8-15(2)12-6-10(7-13)3-4-14-12/h3-4,6,9,11H,5,7-8H2,1-2H3. The van der Waals surface area contributed by atoms with Gasteiger partial charge in [-0.3, -0.25) is 0 Å². The molecule has 2 rings (SSSR count). The van der Waals surface area contributed by atoms with E-state index in [0.29, 0.717) is 5.88 Å². The van der Waals surface area contributed by atoms with Crippen molar-refractivity contribution in [3.8, 4) is 0 Å². The van der Waals surface area contributed by atoms with Crippen molar-refractivity contribution in [2.75, 3.05) is 18.5 Å². The minimum Gasteiger partial charge on any atom is -0.359 e. The number of aromatic nitrogens is 1. The van der Waals surface area contributed by atoms with Crippen LogP contribution in [0, 0.1) is 11.8 Å². The van der Waals surface area contributed by atoms with Gasteiger partial charge in [-0.15, -0.1) is 11.6 Å². The maximum Gasteiger partial charge on any atom is 0.128 e. The van der Waals surface area contributed by atoms with Gasteiger partial charge in [-0.2, -0.15) is 0 Å². The number of halogens is 1. The van der Waals surface area contributed by atoms with Crippen molar-refractivity contribution in [2.45, 2.75) is 19.2 Å². The molecule has 0 amide bonds. The van der Waals surface area contributed by atoms with E-state index < -0.39 is 0 Å². The highest BCUT2D eigenvalue weighted by molar-refractivity contribution is 6.17. The van der Waals surface area contributed by atoms with Crippen molar-refractivity contribution in [1.82, 2.24) is 4.98 Å². The van der Waals surface area contributed by atoms with Gasteiger partial charge in [0, 0.05) is 25.7 Å². The lowest BCUT2D eigenvalue weighted by atomic mass is 10.2. The molecular formula is C12H17ClN2. The number of nitrogens with zero attached hydrogens (tertiary/aromatic N) is 2. The van der Waals surface area contributed by atoms with Crippen LogP contribution in [0.15, 0.2) is 18.3 Å². The molecule has 0 aliphatic heterocycles. The van der Waals surface area contributed by atoms with Crippen molar-refractivity contribution < 1.29 is 0 Å². The van der Waals surface area contributed by atoms with E-state index in [-0.39, 0.29) is 0 Å². The highest BCUT2D eigenvalue weighted by atomic mass is 35.5. The van der Waals surface area contributed by atoms with Crippen molar-refractivity contribution >= 4 is 17.4 Å². The molecule has 0 aromatic carbocycles. The van der Waals surface area contributed by atoms with E-state index in [9.17, 15) is 0 Å². The number of rotatable bonds is 4. The third-order valence-electron chi connectivity index (χ3n) is 3.14. The van der Waals surface area contributed by atoms with Gasteiger partial charge in [0.25, 0.3) is 0 Å². The molecule has 0 spiro atoms. The average Bonchev–Trinajstić information content (AvgIpc) is 2.94. The van der Waals surface area contributed by atoms with Gasteiger partial charge in [0.15, 0.2) is 0 Å². The first-order valence-electron chi connectivity index (χ1n) is 5.42. The fraction of sp³-hybridized carbons (Fsp3) is 0.583. The molecular weight excluding hydrogens is 208 g/mol. The molecule has 0 bridgehead atoms. The van der Waals surface area contributed by atoms with E-state index in [1.165, 1.54) is 6.42 Å². The van der Waals surface area contributed by atoms with Crippen LogP contribution < -0.4 is 4.90 Å². The van der Waals surface area contributed by atoms with Gasteiger partial charge in [-0.25, -0.2) is 4.98 Å². The molecule has 1 fully saturated rings. The zero-order valence-electron chi connectivity index (χ0n) is 9.28. The number of hydrogen-bond acceptors (Lipinski definition) is 2. The van der Waals surface area contributed by atoms with Crippen molar-refractivity contribution in [2.24, 2.45) is 11.8 Å². The molecule has 0 radical (unpaired) electrons. The fourth-order valence-corrected chi connectivity index (χ4v) is 2.02. The van der Waals surface area contributed by atoms with Gasteiger partial charge in [0.05, 0.1) is 0 Å². The maximum absolute atomic E-state index is 5.80. The lowest BCUT2D eigenvalue weighted by Gasteiger charge is -2.18. The van der Waals surface area contributed by atoms with Crippen molar-refractivity contribution in [3.63, 3.8) is 0 Å². The van der Waals surface area contributed by atoms with Gasteiger partial charge < -0.3 is 4.90 Å². The van der Waals surface area contributed by atoms with E-state index in [1.807, 2.05) is 12.3 Å². The van der Waals surface area contributed by atoms with E-state index in [2.05, 4.69) is 29.9 Å². The highest BCUT2D eigenvalue weighted by Crippen LogP contribution is 2.38. The number of hydrogen-bond donors (Lipinski definition) is 0. The van der Waals surface area contributed by atoms with Crippen LogP contribution >= 0.6 is 11.6 Å². The molecule has 1 aromatic heterocycles. The number of alkyl halides is 1. The third-order valence-corrected chi connectivity index (χ3v) is 3.45. The second-order valence-corrected chi connectivity index (χ2v) is 4.78. The van der Waals surface area contributed by atoms with Crippen LogP contribution in [0.1, 0.15) is 18.9 Å². The SMILES string of the molecule is CC1CC1CN(C)c1cc(CCl)ccn1. The molecule has 1 saturated carbocycles. The van der Waals surface area contributed by atoms with Crippen LogP contribution in [0.4, 0.5) is 5.82 Å². The fourth-order valence-electron chi connectivity index (χ4n) is 1.85. The molecule has 0 saturated heterocycles. The normalized spacial score (nSPS) is 23.9. The first-order chi connectivity index (χ1) is 7.20. The molecule has 15 heavy (non-hydrogen) atoms. The second kappa shape index (κ2) is 4.40. The molecule has 2 unspecified atom stereocenters. The van der Waals surface area contributed by atoms with Crippen LogP contribution in [0.2, 0.25) is 0 Å². The molecule has 2 nitrogen and oxygen atoms in total. The van der Waals surface area contributed by atoms with E-state index >= 15 is 0 Å². The van der Waals surface area contributed by atoms with Gasteiger partial charge in [0.2, 0.25) is 0 Å². The number of pyridine rings is 1. The Morgan fingerprint density at radius 3 is 2.93 bits per heavy atom. The first-order valence-corrected chi connectivity index (χ1v) is 5.96. The van der Waals surface area contributed by atoms with Gasteiger partial charge in [-0.1, -0.05) is 6.92 Å².